The molecule has 4 fully saturated rings. The average Bonchev–Trinajstić information content (AvgIpc) is 3.18. The number of aliphatic imine (C=N–C) groups is 1. The van der Waals surface area contributed by atoms with Crippen LogP contribution in [0.15, 0.2) is 4.99 Å². The SMILES string of the molecule is CC[C@H]1OC(=O)[C@H](C)[C@H]2OCC(=O)CO[C@](C)(C[C@@H](C)C3=NCCN4C(=O)O[C@@]1(C)[C@H]4[C@H]3C)[C@H](O[C@@H]1O[C@H](C)C[C@H](N(C)C)[C@H]1OC)[C@H]2C. The molecule has 5 aliphatic heterocycles. The van der Waals surface area contributed by atoms with Crippen LogP contribution in [0.25, 0.3) is 0 Å². The molecular weight excluding hydrogens is 634 g/mol. The number of likely N-dealkylation sites (N-methyl/N-ethyl adjacent to an activating group) is 1. The summed E-state index contributed by atoms with van der Waals surface area (Å²) in [5.74, 6) is -2.37. The smallest absolute Gasteiger partial charge is 0.410 e. The minimum absolute atomic E-state index is 0.0256. The molecule has 13 nitrogen and oxygen atoms in total. The molecule has 13 heteroatoms. The normalized spacial score (nSPS) is 45.4. The topological polar surface area (TPSA) is 135 Å². The minimum Gasteiger partial charge on any atom is -0.458 e. The van der Waals surface area contributed by atoms with Crippen LogP contribution in [0, 0.1) is 23.7 Å². The lowest BCUT2D eigenvalue weighted by atomic mass is 9.72. The Labute approximate surface area is 291 Å². The first-order chi connectivity index (χ1) is 23.1. The Hall–Kier alpha value is -2.16. The van der Waals surface area contributed by atoms with Crippen molar-refractivity contribution in [2.75, 3.05) is 47.5 Å². The fourth-order valence-electron chi connectivity index (χ4n) is 9.41. The van der Waals surface area contributed by atoms with Crippen LogP contribution in [0.5, 0.6) is 0 Å². The van der Waals surface area contributed by atoms with Gasteiger partial charge in [-0.25, -0.2) is 4.79 Å². The van der Waals surface area contributed by atoms with E-state index in [1.807, 2.05) is 48.7 Å². The van der Waals surface area contributed by atoms with Crippen LogP contribution in [0.2, 0.25) is 0 Å². The molecule has 0 saturated carbocycles. The number of rotatable bonds is 5. The highest BCUT2D eigenvalue weighted by atomic mass is 16.7. The molecule has 5 aliphatic rings. The molecule has 0 aromatic heterocycles. The Morgan fingerprint density at radius 2 is 1.76 bits per heavy atom. The second-order valence-corrected chi connectivity index (χ2v) is 15.6. The maximum Gasteiger partial charge on any atom is 0.410 e. The summed E-state index contributed by atoms with van der Waals surface area (Å²) in [7, 11) is 5.69. The summed E-state index contributed by atoms with van der Waals surface area (Å²) in [6, 6.07) is -0.387. The van der Waals surface area contributed by atoms with Crippen LogP contribution in [0.4, 0.5) is 4.79 Å². The van der Waals surface area contributed by atoms with Gasteiger partial charge < -0.3 is 38.1 Å². The van der Waals surface area contributed by atoms with Gasteiger partial charge in [-0.2, -0.15) is 0 Å². The number of ketones is 1. The summed E-state index contributed by atoms with van der Waals surface area (Å²) in [6.45, 7) is 16.1. The third kappa shape index (κ3) is 7.17. The number of esters is 1. The van der Waals surface area contributed by atoms with E-state index in [2.05, 4.69) is 18.7 Å². The van der Waals surface area contributed by atoms with Gasteiger partial charge in [0.1, 0.15) is 25.4 Å². The number of carbonyl (C=O) groups is 3. The number of ether oxygens (including phenoxy) is 7. The van der Waals surface area contributed by atoms with Crippen LogP contribution in [0.3, 0.4) is 0 Å². The number of hydrogen-bond donors (Lipinski definition) is 0. The predicted octanol–water partition coefficient (Wildman–Crippen LogP) is 3.50. The highest BCUT2D eigenvalue weighted by Crippen LogP contribution is 2.45. The molecule has 5 heterocycles. The molecule has 0 aromatic carbocycles. The van der Waals surface area contributed by atoms with Gasteiger partial charge in [-0.15, -0.1) is 0 Å². The van der Waals surface area contributed by atoms with Crippen LogP contribution in [-0.2, 0) is 42.7 Å². The Balaban J connectivity index is 1.64. The van der Waals surface area contributed by atoms with Crippen molar-refractivity contribution in [2.24, 2.45) is 28.7 Å². The van der Waals surface area contributed by atoms with E-state index in [4.69, 9.17) is 38.2 Å². The number of carbonyl (C=O) groups excluding carboxylic acids is 3. The largest absolute Gasteiger partial charge is 0.458 e. The second-order valence-electron chi connectivity index (χ2n) is 15.6. The van der Waals surface area contributed by atoms with Gasteiger partial charge in [0, 0.05) is 37.2 Å². The van der Waals surface area contributed by atoms with Gasteiger partial charge in [0.2, 0.25) is 0 Å². The molecule has 4 bridgehead atoms. The van der Waals surface area contributed by atoms with Gasteiger partial charge >= 0.3 is 12.1 Å². The highest BCUT2D eigenvalue weighted by molar-refractivity contribution is 5.91. The monoisotopic (exact) mass is 693 g/mol. The lowest BCUT2D eigenvalue weighted by Gasteiger charge is -2.49. The van der Waals surface area contributed by atoms with E-state index in [9.17, 15) is 14.4 Å². The van der Waals surface area contributed by atoms with Gasteiger partial charge in [-0.05, 0) is 67.0 Å². The Bertz CT molecular complexity index is 1260. The molecule has 278 valence electrons. The molecule has 49 heavy (non-hydrogen) atoms. The highest BCUT2D eigenvalue weighted by Gasteiger charge is 2.60. The number of methoxy groups -OCH3 is 1. The van der Waals surface area contributed by atoms with Crippen molar-refractivity contribution in [2.45, 2.75) is 135 Å². The van der Waals surface area contributed by atoms with Crippen LogP contribution >= 0.6 is 0 Å². The van der Waals surface area contributed by atoms with Gasteiger partial charge in [-0.1, -0.05) is 27.7 Å². The molecule has 1 amide bonds. The zero-order chi connectivity index (χ0) is 36.0. The van der Waals surface area contributed by atoms with Gasteiger partial charge in [0.25, 0.3) is 0 Å². The third-order valence-corrected chi connectivity index (χ3v) is 11.8. The molecule has 0 aromatic rings. The van der Waals surface area contributed by atoms with Crippen molar-refractivity contribution in [3.8, 4) is 0 Å². The summed E-state index contributed by atoms with van der Waals surface area (Å²) in [4.78, 5) is 49.7. The quantitative estimate of drug-likeness (QED) is 0.392. The summed E-state index contributed by atoms with van der Waals surface area (Å²) in [6.07, 6.45) is -2.29. The van der Waals surface area contributed by atoms with Crippen LogP contribution < -0.4 is 0 Å². The molecule has 14 atom stereocenters. The van der Waals surface area contributed by atoms with E-state index < -0.39 is 71.8 Å². The van der Waals surface area contributed by atoms with E-state index in [1.165, 1.54) is 0 Å². The van der Waals surface area contributed by atoms with Gasteiger partial charge in [0.05, 0.1) is 42.4 Å². The number of amides is 1. The Morgan fingerprint density at radius 1 is 1.04 bits per heavy atom. The zero-order valence-corrected chi connectivity index (χ0v) is 31.3. The molecule has 0 unspecified atom stereocenters. The van der Waals surface area contributed by atoms with E-state index in [1.54, 1.807) is 18.9 Å². The summed E-state index contributed by atoms with van der Waals surface area (Å²) < 4.78 is 45.0. The number of nitrogens with zero attached hydrogens (tertiary/aromatic N) is 3. The molecule has 4 saturated heterocycles. The molecule has 0 aliphatic carbocycles. The van der Waals surface area contributed by atoms with Crippen molar-refractivity contribution in [1.82, 2.24) is 9.80 Å². The predicted molar refractivity (Wildman–Crippen MR) is 180 cm³/mol. The standard InChI is InChI=1S/C36H59N3O10/c1-12-26-36(8)30-21(4)27(37-13-14-39(30)34(42)49-36)19(2)16-35(7)31(48-33-29(43-11)25(38(9)10)15-20(3)46-33)22(5)28(23(6)32(41)47-26)44-17-24(40)18-45-35/h19-23,25-26,28-31,33H,12-18H2,1-11H3/t19-,20-,21+,22+,23-,25+,26-,28+,29-,30-,31-,33+,35-,36-/m1/s1. The maximum absolute atomic E-state index is 14.2. The number of Topliss-reactive ketones (excluding diaryl/α,β-unsaturated/α-hetero) is 1. The van der Waals surface area contributed by atoms with Crippen molar-refractivity contribution < 1.29 is 47.5 Å². The zero-order valence-electron chi connectivity index (χ0n) is 31.3. The molecule has 0 radical (unpaired) electrons. The number of hydrogen-bond acceptors (Lipinski definition) is 12. The van der Waals surface area contributed by atoms with Crippen LogP contribution in [0.1, 0.15) is 74.7 Å². The maximum atomic E-state index is 14.2. The lowest BCUT2D eigenvalue weighted by Crippen LogP contribution is -2.61. The fourth-order valence-corrected chi connectivity index (χ4v) is 9.41. The summed E-state index contributed by atoms with van der Waals surface area (Å²) in [5, 5.41) is 0. The molecule has 0 N–H and O–H groups in total. The Morgan fingerprint density at radius 3 is 2.41 bits per heavy atom. The van der Waals surface area contributed by atoms with E-state index in [-0.39, 0.29) is 43.0 Å². The minimum atomic E-state index is -1.11. The van der Waals surface area contributed by atoms with E-state index in [0.29, 0.717) is 25.9 Å². The van der Waals surface area contributed by atoms with Crippen LogP contribution in [-0.4, -0.2) is 141 Å². The third-order valence-electron chi connectivity index (χ3n) is 11.8. The molecule has 0 spiro atoms. The van der Waals surface area contributed by atoms with Crippen molar-refractivity contribution in [1.29, 1.82) is 0 Å². The Kier molecular flexibility index (Phi) is 11.5. The first kappa shape index (κ1) is 38.1. The second kappa shape index (κ2) is 14.8. The molecule has 5 rings (SSSR count). The van der Waals surface area contributed by atoms with Gasteiger partial charge in [-0.3, -0.25) is 19.5 Å². The average molecular weight is 694 g/mol. The number of fused-ring (bicyclic) bond motifs is 4. The van der Waals surface area contributed by atoms with E-state index in [0.717, 1.165) is 12.1 Å². The summed E-state index contributed by atoms with van der Waals surface area (Å²) >= 11 is 0. The van der Waals surface area contributed by atoms with E-state index >= 15 is 0 Å². The van der Waals surface area contributed by atoms with Gasteiger partial charge in [0.15, 0.2) is 17.7 Å². The summed E-state index contributed by atoms with van der Waals surface area (Å²) in [5.41, 5.74) is -1.25. The first-order valence-electron chi connectivity index (χ1n) is 18.1. The first-order valence-corrected chi connectivity index (χ1v) is 18.1. The van der Waals surface area contributed by atoms with Crippen molar-refractivity contribution in [3.05, 3.63) is 0 Å². The van der Waals surface area contributed by atoms with Crippen molar-refractivity contribution in [3.63, 3.8) is 0 Å². The number of cyclic esters (lactones) is 1. The fraction of sp³-hybridized carbons (Fsp3) is 0.889. The lowest BCUT2D eigenvalue weighted by molar-refractivity contribution is -0.305. The molecular formula is C36H59N3O10. The van der Waals surface area contributed by atoms with Crippen molar-refractivity contribution >= 4 is 23.6 Å².